The van der Waals surface area contributed by atoms with Crippen molar-refractivity contribution in [3.63, 3.8) is 0 Å². The van der Waals surface area contributed by atoms with Gasteiger partial charge in [-0.15, -0.1) is 0 Å². The second kappa shape index (κ2) is 10.3. The topological polar surface area (TPSA) is 107 Å². The molecule has 2 heterocycles. The zero-order valence-electron chi connectivity index (χ0n) is 21.2. The summed E-state index contributed by atoms with van der Waals surface area (Å²) >= 11 is 0. The zero-order chi connectivity index (χ0) is 26.9. The molecular weight excluding hydrogens is 504 g/mol. The summed E-state index contributed by atoms with van der Waals surface area (Å²) in [6.45, 7) is 2.32. The Hall–Kier alpha value is -4.11. The second-order valence-corrected chi connectivity index (χ2v) is 11.0. The Morgan fingerprint density at radius 1 is 1.00 bits per heavy atom. The van der Waals surface area contributed by atoms with Crippen LogP contribution in [0.3, 0.4) is 0 Å². The molecule has 1 aliphatic rings. The minimum Gasteiger partial charge on any atom is -0.497 e. The lowest BCUT2D eigenvalue weighted by Crippen LogP contribution is -2.21. The first-order valence-electron chi connectivity index (χ1n) is 12.4. The number of hydrogen-bond acceptors (Lipinski definition) is 6. The van der Waals surface area contributed by atoms with Crippen molar-refractivity contribution < 1.29 is 22.7 Å². The highest BCUT2D eigenvalue weighted by Crippen LogP contribution is 2.35. The summed E-state index contributed by atoms with van der Waals surface area (Å²) in [6.07, 6.45) is 1.97. The fraction of sp³-hybridized carbons (Fsp3) is 0.241. The lowest BCUT2D eigenvalue weighted by atomic mass is 10.1. The maximum atomic E-state index is 13.3. The van der Waals surface area contributed by atoms with Crippen molar-refractivity contribution in [2.45, 2.75) is 42.5 Å². The van der Waals surface area contributed by atoms with E-state index in [2.05, 4.69) is 4.98 Å². The average molecular weight is 533 g/mol. The third-order valence-corrected chi connectivity index (χ3v) is 8.50. The predicted octanol–water partition coefficient (Wildman–Crippen LogP) is 4.40. The fourth-order valence-electron chi connectivity index (χ4n) is 4.90. The van der Waals surface area contributed by atoms with Gasteiger partial charge in [0.15, 0.2) is 0 Å². The van der Waals surface area contributed by atoms with Crippen LogP contribution in [0.5, 0.6) is 5.75 Å². The van der Waals surface area contributed by atoms with Gasteiger partial charge in [0.2, 0.25) is 9.84 Å². The summed E-state index contributed by atoms with van der Waals surface area (Å²) < 4.78 is 39.1. The van der Waals surface area contributed by atoms with Crippen LogP contribution in [-0.2, 0) is 34.0 Å². The van der Waals surface area contributed by atoms with Crippen molar-refractivity contribution in [1.82, 2.24) is 9.55 Å². The van der Waals surface area contributed by atoms with Gasteiger partial charge in [0, 0.05) is 6.54 Å². The molecule has 0 amide bonds. The minimum absolute atomic E-state index is 0.0623. The maximum absolute atomic E-state index is 13.3. The lowest BCUT2D eigenvalue weighted by molar-refractivity contribution is 0.0514. The molecular formula is C29H28N2O6S. The molecule has 0 bridgehead atoms. The summed E-state index contributed by atoms with van der Waals surface area (Å²) in [7, 11) is -2.41. The van der Waals surface area contributed by atoms with Gasteiger partial charge in [-0.1, -0.05) is 30.3 Å². The average Bonchev–Trinajstić information content (AvgIpc) is 3.18. The van der Waals surface area contributed by atoms with Crippen molar-refractivity contribution in [1.29, 1.82) is 0 Å². The molecule has 0 aliphatic heterocycles. The second-order valence-electron chi connectivity index (χ2n) is 9.09. The van der Waals surface area contributed by atoms with Crippen molar-refractivity contribution in [3.05, 3.63) is 99.5 Å². The number of carbonyl (C=O) groups is 1. The maximum Gasteiger partial charge on any atom is 0.354 e. The van der Waals surface area contributed by atoms with Crippen LogP contribution in [0, 0.1) is 0 Å². The number of esters is 1. The number of aromatic nitrogens is 2. The molecule has 38 heavy (non-hydrogen) atoms. The molecule has 196 valence electrons. The molecule has 1 N–H and O–H groups in total. The fourth-order valence-corrected chi connectivity index (χ4v) is 6.26. The van der Waals surface area contributed by atoms with Gasteiger partial charge in [0.05, 0.1) is 30.0 Å². The summed E-state index contributed by atoms with van der Waals surface area (Å²) in [4.78, 5) is 28.9. The highest BCUT2D eigenvalue weighted by Gasteiger charge is 2.29. The molecule has 0 spiro atoms. The molecule has 4 aromatic rings. The first kappa shape index (κ1) is 25.5. The van der Waals surface area contributed by atoms with E-state index in [1.165, 1.54) is 18.2 Å². The molecule has 1 aliphatic carbocycles. The summed E-state index contributed by atoms with van der Waals surface area (Å²) in [5.41, 5.74) is 3.43. The molecule has 0 saturated carbocycles. The summed E-state index contributed by atoms with van der Waals surface area (Å²) in [6, 6.07) is 18.7. The molecule has 5 rings (SSSR count). The van der Waals surface area contributed by atoms with E-state index in [0.717, 1.165) is 17.5 Å². The third kappa shape index (κ3) is 4.65. The van der Waals surface area contributed by atoms with Crippen molar-refractivity contribution >= 4 is 15.8 Å². The number of benzene rings is 2. The number of H-pyrrole nitrogens is 1. The van der Waals surface area contributed by atoms with E-state index in [1.54, 1.807) is 32.2 Å². The van der Waals surface area contributed by atoms with E-state index >= 15 is 0 Å². The number of carbonyl (C=O) groups excluding carboxylic acids is 1. The Labute approximate surface area is 220 Å². The van der Waals surface area contributed by atoms with Crippen molar-refractivity contribution in [3.8, 4) is 17.1 Å². The molecule has 0 radical (unpaired) electrons. The Kier molecular flexibility index (Phi) is 6.94. The Morgan fingerprint density at radius 3 is 2.39 bits per heavy atom. The smallest absolute Gasteiger partial charge is 0.354 e. The third-order valence-electron chi connectivity index (χ3n) is 6.72. The molecule has 0 unspecified atom stereocenters. The van der Waals surface area contributed by atoms with Gasteiger partial charge in [-0.05, 0) is 79.3 Å². The van der Waals surface area contributed by atoms with E-state index in [4.69, 9.17) is 9.47 Å². The molecule has 2 aromatic heterocycles. The quantitative estimate of drug-likeness (QED) is 0.354. The number of fused-ring (bicyclic) bond motifs is 3. The van der Waals surface area contributed by atoms with E-state index in [9.17, 15) is 18.0 Å². The number of nitrogens with one attached hydrogen (secondary N) is 1. The van der Waals surface area contributed by atoms with Crippen LogP contribution < -0.4 is 10.3 Å². The molecule has 0 saturated heterocycles. The number of ether oxygens (including phenoxy) is 2. The molecule has 0 fully saturated rings. The molecule has 9 heteroatoms. The van der Waals surface area contributed by atoms with Crippen LogP contribution in [-0.4, -0.2) is 37.7 Å². The largest absolute Gasteiger partial charge is 0.497 e. The summed E-state index contributed by atoms with van der Waals surface area (Å²) in [5.74, 6) is 0.258. The number of aryl methyl sites for hydroxylation is 2. The number of sulfone groups is 1. The Bertz CT molecular complexity index is 1650. The van der Waals surface area contributed by atoms with Gasteiger partial charge >= 0.3 is 5.97 Å². The number of nitrogens with zero attached hydrogens (tertiary/aromatic N) is 1. The van der Waals surface area contributed by atoms with Gasteiger partial charge in [-0.2, -0.15) is 0 Å². The van der Waals surface area contributed by atoms with E-state index in [0.29, 0.717) is 47.8 Å². The van der Waals surface area contributed by atoms with Crippen LogP contribution in [0.25, 0.3) is 11.4 Å². The Morgan fingerprint density at radius 2 is 1.71 bits per heavy atom. The van der Waals surface area contributed by atoms with Crippen LogP contribution in [0.2, 0.25) is 0 Å². The van der Waals surface area contributed by atoms with Gasteiger partial charge in [-0.25, -0.2) is 13.2 Å². The van der Waals surface area contributed by atoms with Crippen molar-refractivity contribution in [2.75, 3.05) is 13.7 Å². The number of pyridine rings is 1. The zero-order valence-corrected chi connectivity index (χ0v) is 22.0. The SMILES string of the molecule is CCOC(=O)c1cc2c(n1Cc1ccc(OC)cc1)-c1[nH]c(=O)c(S(=O)(=O)c3ccccc3)cc1CCC2. The van der Waals surface area contributed by atoms with Gasteiger partial charge in [-0.3, -0.25) is 4.79 Å². The normalized spacial score (nSPS) is 12.8. The number of rotatable bonds is 7. The van der Waals surface area contributed by atoms with E-state index < -0.39 is 21.4 Å². The van der Waals surface area contributed by atoms with E-state index in [-0.39, 0.29) is 16.4 Å². The monoisotopic (exact) mass is 532 g/mol. The number of aromatic amines is 1. The standard InChI is InChI=1S/C29H28N2O6S/c1-3-37-29(33)24-16-21-9-7-8-20-17-25(38(34,35)23-10-5-4-6-11-23)28(32)30-26(20)27(21)31(24)18-19-12-14-22(36-2)15-13-19/h4-6,10-17H,3,7-9,18H2,1-2H3,(H,30,32). The molecule has 8 nitrogen and oxygen atoms in total. The first-order chi connectivity index (χ1) is 18.3. The first-order valence-corrected chi connectivity index (χ1v) is 13.9. The number of hydrogen-bond donors (Lipinski definition) is 1. The van der Waals surface area contributed by atoms with Gasteiger partial charge < -0.3 is 19.0 Å². The summed E-state index contributed by atoms with van der Waals surface area (Å²) in [5, 5.41) is 0. The van der Waals surface area contributed by atoms with Crippen LogP contribution in [0.4, 0.5) is 0 Å². The highest BCUT2D eigenvalue weighted by atomic mass is 32.2. The molecule has 2 aromatic carbocycles. The van der Waals surface area contributed by atoms with Gasteiger partial charge in [0.1, 0.15) is 16.3 Å². The molecule has 0 atom stereocenters. The van der Waals surface area contributed by atoms with Crippen LogP contribution >= 0.6 is 0 Å². The Balaban J connectivity index is 1.68. The van der Waals surface area contributed by atoms with Crippen LogP contribution in [0.1, 0.15) is 40.5 Å². The lowest BCUT2D eigenvalue weighted by Gasteiger charge is -2.16. The van der Waals surface area contributed by atoms with E-state index in [1.807, 2.05) is 34.9 Å². The minimum atomic E-state index is -4.01. The highest BCUT2D eigenvalue weighted by molar-refractivity contribution is 7.91. The van der Waals surface area contributed by atoms with Crippen molar-refractivity contribution in [2.24, 2.45) is 0 Å². The predicted molar refractivity (Wildman–Crippen MR) is 142 cm³/mol. The van der Waals surface area contributed by atoms with Crippen LogP contribution in [0.15, 0.2) is 81.3 Å². The van der Waals surface area contributed by atoms with Gasteiger partial charge in [0.25, 0.3) is 5.56 Å². The number of methoxy groups -OCH3 is 1.